The Morgan fingerprint density at radius 2 is 2.00 bits per heavy atom. The number of carbonyl (C=O) groups excluding carboxylic acids is 2. The summed E-state index contributed by atoms with van der Waals surface area (Å²) in [6.45, 7) is 1.01. The van der Waals surface area contributed by atoms with Crippen molar-refractivity contribution >= 4 is 37.9 Å². The fourth-order valence-electron chi connectivity index (χ4n) is 1.41. The lowest BCUT2D eigenvalue weighted by molar-refractivity contribution is -0.122. The van der Waals surface area contributed by atoms with Gasteiger partial charge in [0.05, 0.1) is 0 Å². The third-order valence-electron chi connectivity index (χ3n) is 2.12. The van der Waals surface area contributed by atoms with Crippen LogP contribution in [0.4, 0.5) is 4.79 Å². The first-order valence-electron chi connectivity index (χ1n) is 5.16. The maximum Gasteiger partial charge on any atom is 0.318 e. The van der Waals surface area contributed by atoms with Crippen LogP contribution in [0, 0.1) is 6.92 Å². The lowest BCUT2D eigenvalue weighted by Crippen LogP contribution is -2.38. The molecule has 5 N–H and O–H groups in total. The molecule has 0 bridgehead atoms. The monoisotopic (exact) mass is 365 g/mol. The summed E-state index contributed by atoms with van der Waals surface area (Å²) >= 11 is 3.14. The zero-order valence-electron chi connectivity index (χ0n) is 10.3. The second-order valence-corrected chi connectivity index (χ2v) is 6.24. The van der Waals surface area contributed by atoms with Gasteiger partial charge in [-0.3, -0.25) is 10.1 Å². The van der Waals surface area contributed by atoms with Crippen LogP contribution >= 0.6 is 15.9 Å². The van der Waals surface area contributed by atoms with E-state index < -0.39 is 28.6 Å². The molecule has 0 aromatic heterocycles. The van der Waals surface area contributed by atoms with Gasteiger partial charge in [-0.1, -0.05) is 15.9 Å². The topological polar surface area (TPSA) is 142 Å². The first kappa shape index (κ1) is 16.4. The minimum Gasteiger partial charge on any atom is -0.482 e. The van der Waals surface area contributed by atoms with E-state index in [2.05, 4.69) is 15.9 Å². The molecule has 0 radical (unpaired) electrons. The number of nitrogens with one attached hydrogen (secondary N) is 1. The van der Waals surface area contributed by atoms with E-state index >= 15 is 0 Å². The van der Waals surface area contributed by atoms with Gasteiger partial charge < -0.3 is 10.5 Å². The summed E-state index contributed by atoms with van der Waals surface area (Å²) < 4.78 is 28.6. The number of hydrogen-bond acceptors (Lipinski definition) is 5. The second kappa shape index (κ2) is 6.20. The summed E-state index contributed by atoms with van der Waals surface area (Å²) in [5.74, 6) is -0.865. The van der Waals surface area contributed by atoms with Crippen molar-refractivity contribution in [3.63, 3.8) is 0 Å². The van der Waals surface area contributed by atoms with Crippen molar-refractivity contribution in [3.8, 4) is 5.75 Å². The Bertz CT molecular complexity index is 659. The number of nitrogens with two attached hydrogens (primary N) is 2. The number of ether oxygens (including phenoxy) is 1. The number of rotatable bonds is 4. The van der Waals surface area contributed by atoms with Crippen LogP contribution in [-0.2, 0) is 14.8 Å². The zero-order valence-corrected chi connectivity index (χ0v) is 12.7. The number of urea groups is 1. The molecule has 0 fully saturated rings. The van der Waals surface area contributed by atoms with Gasteiger partial charge in [0.1, 0.15) is 10.6 Å². The summed E-state index contributed by atoms with van der Waals surface area (Å²) in [5, 5.41) is 6.87. The number of imide groups is 1. The largest absolute Gasteiger partial charge is 0.482 e. The number of primary sulfonamides is 1. The van der Waals surface area contributed by atoms with E-state index in [4.69, 9.17) is 15.6 Å². The lowest BCUT2D eigenvalue weighted by atomic mass is 10.2. The van der Waals surface area contributed by atoms with E-state index in [1.807, 2.05) is 0 Å². The smallest absolute Gasteiger partial charge is 0.318 e. The van der Waals surface area contributed by atoms with Gasteiger partial charge in [-0.05, 0) is 24.6 Å². The van der Waals surface area contributed by atoms with Crippen molar-refractivity contribution in [1.29, 1.82) is 0 Å². The van der Waals surface area contributed by atoms with Gasteiger partial charge in [0.2, 0.25) is 10.0 Å². The fraction of sp³-hybridized carbons (Fsp3) is 0.200. The highest BCUT2D eigenvalue weighted by Crippen LogP contribution is 2.30. The summed E-state index contributed by atoms with van der Waals surface area (Å²) in [6.07, 6.45) is 0. The number of benzene rings is 1. The van der Waals surface area contributed by atoms with Crippen molar-refractivity contribution in [2.24, 2.45) is 10.9 Å². The summed E-state index contributed by atoms with van der Waals surface area (Å²) in [5.41, 5.74) is 5.22. The maximum absolute atomic E-state index is 11.5. The molecule has 0 spiro atoms. The van der Waals surface area contributed by atoms with E-state index in [9.17, 15) is 18.0 Å². The molecule has 3 amide bonds. The Hall–Kier alpha value is -1.65. The molecule has 0 aliphatic rings. The highest BCUT2D eigenvalue weighted by atomic mass is 79.9. The molecule has 0 aliphatic heterocycles. The van der Waals surface area contributed by atoms with Gasteiger partial charge in [0.25, 0.3) is 5.91 Å². The Morgan fingerprint density at radius 3 is 2.50 bits per heavy atom. The SMILES string of the molecule is Cc1cc(Br)cc(S(N)(=O)=O)c1OCC(=O)NC(N)=O. The molecule has 0 aliphatic carbocycles. The molecule has 20 heavy (non-hydrogen) atoms. The lowest BCUT2D eigenvalue weighted by Gasteiger charge is -2.13. The molecule has 0 atom stereocenters. The first-order chi connectivity index (χ1) is 9.11. The van der Waals surface area contributed by atoms with Crippen LogP contribution in [0.1, 0.15) is 5.56 Å². The molecule has 10 heteroatoms. The van der Waals surface area contributed by atoms with Crippen LogP contribution in [-0.4, -0.2) is 27.0 Å². The Labute approximate surface area is 123 Å². The standard InChI is InChI=1S/C10H12BrN3O5S/c1-5-2-6(11)3-7(20(13,17)18)9(5)19-4-8(15)14-10(12)16/h2-3H,4H2,1H3,(H2,13,17,18)(H3,12,14,15,16). The normalized spacial score (nSPS) is 10.9. The van der Waals surface area contributed by atoms with Crippen LogP contribution in [0.3, 0.4) is 0 Å². The predicted octanol–water partition coefficient (Wildman–Crippen LogP) is -0.0214. The number of halogens is 1. The molecule has 0 saturated carbocycles. The quantitative estimate of drug-likeness (QED) is 0.687. The Morgan fingerprint density at radius 1 is 1.40 bits per heavy atom. The molecular formula is C10H12BrN3O5S. The summed E-state index contributed by atoms with van der Waals surface area (Å²) in [7, 11) is -4.03. The number of carbonyl (C=O) groups is 2. The number of aryl methyl sites for hydroxylation is 1. The fourth-order valence-corrected chi connectivity index (χ4v) is 2.90. The minimum absolute atomic E-state index is 0.0599. The van der Waals surface area contributed by atoms with E-state index in [1.54, 1.807) is 18.3 Å². The average molecular weight is 366 g/mol. The van der Waals surface area contributed by atoms with Gasteiger partial charge in [-0.25, -0.2) is 18.4 Å². The van der Waals surface area contributed by atoms with E-state index in [0.717, 1.165) is 0 Å². The molecule has 8 nitrogen and oxygen atoms in total. The van der Waals surface area contributed by atoms with Crippen LogP contribution in [0.5, 0.6) is 5.75 Å². The third kappa shape index (κ3) is 4.47. The van der Waals surface area contributed by atoms with E-state index in [0.29, 0.717) is 10.0 Å². The summed E-state index contributed by atoms with van der Waals surface area (Å²) in [4.78, 5) is 21.4. The molecule has 1 aromatic carbocycles. The number of sulfonamides is 1. The van der Waals surface area contributed by atoms with Gasteiger partial charge in [-0.2, -0.15) is 0 Å². The van der Waals surface area contributed by atoms with E-state index in [1.165, 1.54) is 6.07 Å². The predicted molar refractivity (Wildman–Crippen MR) is 73.5 cm³/mol. The molecule has 1 aromatic rings. The second-order valence-electron chi connectivity index (χ2n) is 3.80. The average Bonchev–Trinajstić information content (AvgIpc) is 2.24. The van der Waals surface area contributed by atoms with E-state index in [-0.39, 0.29) is 10.6 Å². The number of amides is 3. The van der Waals surface area contributed by atoms with Crippen molar-refractivity contribution in [1.82, 2.24) is 5.32 Å². The van der Waals surface area contributed by atoms with Crippen molar-refractivity contribution in [2.75, 3.05) is 6.61 Å². The highest BCUT2D eigenvalue weighted by Gasteiger charge is 2.19. The zero-order chi connectivity index (χ0) is 15.5. The summed E-state index contributed by atoms with van der Waals surface area (Å²) in [6, 6.07) is 1.82. The molecule has 1 rings (SSSR count). The molecule has 0 heterocycles. The Balaban J connectivity index is 3.06. The van der Waals surface area contributed by atoms with Crippen LogP contribution in [0.15, 0.2) is 21.5 Å². The molecular weight excluding hydrogens is 354 g/mol. The van der Waals surface area contributed by atoms with Gasteiger partial charge >= 0.3 is 6.03 Å². The molecule has 0 unspecified atom stereocenters. The first-order valence-corrected chi connectivity index (χ1v) is 7.50. The van der Waals surface area contributed by atoms with Gasteiger partial charge in [0.15, 0.2) is 6.61 Å². The molecule has 110 valence electrons. The van der Waals surface area contributed by atoms with Crippen LogP contribution < -0.4 is 20.9 Å². The highest BCUT2D eigenvalue weighted by molar-refractivity contribution is 9.10. The van der Waals surface area contributed by atoms with Crippen molar-refractivity contribution in [2.45, 2.75) is 11.8 Å². The number of primary amides is 1. The minimum atomic E-state index is -4.03. The van der Waals surface area contributed by atoms with Gasteiger partial charge in [0, 0.05) is 4.47 Å². The Kier molecular flexibility index (Phi) is 5.09. The van der Waals surface area contributed by atoms with Crippen molar-refractivity contribution < 1.29 is 22.7 Å². The van der Waals surface area contributed by atoms with Crippen LogP contribution in [0.25, 0.3) is 0 Å². The number of hydrogen-bond donors (Lipinski definition) is 3. The molecule has 0 saturated heterocycles. The maximum atomic E-state index is 11.5. The third-order valence-corrected chi connectivity index (χ3v) is 3.50. The van der Waals surface area contributed by atoms with Crippen LogP contribution in [0.2, 0.25) is 0 Å². The van der Waals surface area contributed by atoms with Gasteiger partial charge in [-0.15, -0.1) is 0 Å². The van der Waals surface area contributed by atoms with Crippen molar-refractivity contribution in [3.05, 3.63) is 22.2 Å².